The fourth-order valence-electron chi connectivity index (χ4n) is 9.39. The average Bonchev–Trinajstić information content (AvgIpc) is 3.02. The Balaban J connectivity index is 1.75. The van der Waals surface area contributed by atoms with E-state index in [1.807, 2.05) is 33.8 Å². The third kappa shape index (κ3) is 4.53. The zero-order chi connectivity index (χ0) is 27.6. The Morgan fingerprint density at radius 2 is 1.81 bits per heavy atom. The number of fused-ring (bicyclic) bond motifs is 5. The molecule has 0 saturated heterocycles. The highest BCUT2D eigenvalue weighted by atomic mass is 32.3. The molecule has 0 amide bonds. The lowest BCUT2D eigenvalue weighted by Gasteiger charge is -2.68. The van der Waals surface area contributed by atoms with Gasteiger partial charge in [-0.15, -0.1) is 0 Å². The summed E-state index contributed by atoms with van der Waals surface area (Å²) < 4.78 is 38.7. The van der Waals surface area contributed by atoms with Crippen molar-refractivity contribution in [2.45, 2.75) is 115 Å². The molecule has 4 aliphatic carbocycles. The van der Waals surface area contributed by atoms with Crippen molar-refractivity contribution in [3.63, 3.8) is 0 Å². The summed E-state index contributed by atoms with van der Waals surface area (Å²) in [7, 11) is -4.93. The van der Waals surface area contributed by atoms with Gasteiger partial charge in [0, 0.05) is 11.8 Å². The van der Waals surface area contributed by atoms with E-state index in [1.54, 1.807) is 0 Å². The van der Waals surface area contributed by atoms with Gasteiger partial charge in [0.15, 0.2) is 0 Å². The molecule has 4 rings (SSSR count). The normalized spacial score (nSPS) is 49.2. The smallest absolute Gasteiger partial charge is 0.393 e. The highest BCUT2D eigenvalue weighted by Gasteiger charge is 2.79. The van der Waals surface area contributed by atoms with Gasteiger partial charge >= 0.3 is 10.4 Å². The first-order valence-electron chi connectivity index (χ1n) is 13.8. The van der Waals surface area contributed by atoms with Crippen LogP contribution < -0.4 is 0 Å². The lowest BCUT2D eigenvalue weighted by Crippen LogP contribution is -2.77. The van der Waals surface area contributed by atoms with Crippen LogP contribution in [0.4, 0.5) is 0 Å². The molecule has 214 valence electrons. The first-order valence-corrected chi connectivity index (χ1v) is 15.1. The molecule has 0 aromatic carbocycles. The quantitative estimate of drug-likeness (QED) is 0.208. The van der Waals surface area contributed by atoms with Gasteiger partial charge in [0.05, 0.1) is 18.8 Å². The van der Waals surface area contributed by atoms with Gasteiger partial charge in [-0.25, -0.2) is 4.18 Å². The van der Waals surface area contributed by atoms with Crippen molar-refractivity contribution in [1.82, 2.24) is 0 Å². The molecular weight excluding hydrogens is 500 g/mol. The van der Waals surface area contributed by atoms with E-state index in [0.29, 0.717) is 38.5 Å². The predicted molar refractivity (Wildman–Crippen MR) is 137 cm³/mol. The highest BCUT2D eigenvalue weighted by molar-refractivity contribution is 7.80. The Hall–Kier alpha value is -0.590. The molecule has 0 aromatic heterocycles. The van der Waals surface area contributed by atoms with Gasteiger partial charge in [0.25, 0.3) is 0 Å². The Labute approximate surface area is 220 Å². The minimum atomic E-state index is -4.93. The molecule has 0 bridgehead atoms. The van der Waals surface area contributed by atoms with Crippen molar-refractivity contribution in [3.8, 4) is 0 Å². The molecule has 0 unspecified atom stereocenters. The number of aliphatic hydroxyl groups is 5. The number of allylic oxidation sites excluding steroid dienone is 1. The van der Waals surface area contributed by atoms with Crippen LogP contribution in [0.3, 0.4) is 0 Å². The molecule has 37 heavy (non-hydrogen) atoms. The van der Waals surface area contributed by atoms with E-state index in [2.05, 4.69) is 0 Å². The van der Waals surface area contributed by atoms with Gasteiger partial charge < -0.3 is 25.5 Å². The Morgan fingerprint density at radius 3 is 2.43 bits per heavy atom. The van der Waals surface area contributed by atoms with Crippen molar-refractivity contribution in [3.05, 3.63) is 11.6 Å². The van der Waals surface area contributed by atoms with Gasteiger partial charge in [-0.05, 0) is 87.4 Å². The maximum absolute atomic E-state index is 12.6. The van der Waals surface area contributed by atoms with Crippen molar-refractivity contribution in [2.24, 2.45) is 34.5 Å². The molecule has 4 fully saturated rings. The first-order chi connectivity index (χ1) is 17.0. The van der Waals surface area contributed by atoms with Crippen LogP contribution >= 0.6 is 0 Å². The van der Waals surface area contributed by atoms with Crippen LogP contribution in [0.5, 0.6) is 0 Å². The molecule has 9 nitrogen and oxygen atoms in total. The first kappa shape index (κ1) is 29.4. The fourth-order valence-corrected chi connectivity index (χ4v) is 9.90. The van der Waals surface area contributed by atoms with Crippen molar-refractivity contribution >= 4 is 10.4 Å². The summed E-state index contributed by atoms with van der Waals surface area (Å²) in [5.41, 5.74) is -4.49. The molecule has 0 spiro atoms. The monoisotopic (exact) mass is 546 g/mol. The van der Waals surface area contributed by atoms with Crippen LogP contribution in [0.15, 0.2) is 11.6 Å². The van der Waals surface area contributed by atoms with Gasteiger partial charge in [0.1, 0.15) is 17.3 Å². The topological polar surface area (TPSA) is 165 Å². The van der Waals surface area contributed by atoms with E-state index in [4.69, 9.17) is 4.18 Å². The van der Waals surface area contributed by atoms with Gasteiger partial charge in [-0.1, -0.05) is 32.4 Å². The Morgan fingerprint density at radius 1 is 1.14 bits per heavy atom. The lowest BCUT2D eigenvalue weighted by atomic mass is 9.40. The maximum atomic E-state index is 12.6. The third-order valence-electron chi connectivity index (χ3n) is 11.3. The SMILES string of the molecule is C/C(=C\CC[C@@H](C)[C@H]1C[C@H](OS(=O)(=O)O)[C@]2(O)[C@]1(C)CC[C@@H]1[C@@]3(C)CC[C@H](O)C[C@@H]3[C@@H](O)C[C@]12O)CO. The minimum absolute atomic E-state index is 0.0207. The van der Waals surface area contributed by atoms with Crippen LogP contribution in [0.25, 0.3) is 0 Å². The molecule has 0 heterocycles. The van der Waals surface area contributed by atoms with E-state index in [-0.39, 0.29) is 37.2 Å². The third-order valence-corrected chi connectivity index (χ3v) is 11.7. The number of hydrogen-bond donors (Lipinski definition) is 6. The Bertz CT molecular complexity index is 1000. The second kappa shape index (κ2) is 9.80. The van der Waals surface area contributed by atoms with Crippen LogP contribution in [0, 0.1) is 34.5 Å². The van der Waals surface area contributed by atoms with Crippen molar-refractivity contribution in [1.29, 1.82) is 0 Å². The maximum Gasteiger partial charge on any atom is 0.397 e. The second-order valence-corrected chi connectivity index (χ2v) is 14.2. The number of rotatable bonds is 7. The van der Waals surface area contributed by atoms with Crippen LogP contribution in [-0.2, 0) is 14.6 Å². The summed E-state index contributed by atoms with van der Waals surface area (Å²) in [6.45, 7) is 7.76. The molecule has 4 aliphatic rings. The summed E-state index contributed by atoms with van der Waals surface area (Å²) in [6, 6.07) is 0. The Kier molecular flexibility index (Phi) is 7.79. The van der Waals surface area contributed by atoms with Crippen molar-refractivity contribution in [2.75, 3.05) is 6.61 Å². The van der Waals surface area contributed by atoms with E-state index in [9.17, 15) is 38.5 Å². The van der Waals surface area contributed by atoms with Crippen LogP contribution in [0.1, 0.15) is 85.5 Å². The molecule has 10 heteroatoms. The second-order valence-electron chi connectivity index (χ2n) is 13.1. The average molecular weight is 547 g/mol. The molecule has 0 aliphatic heterocycles. The summed E-state index contributed by atoms with van der Waals surface area (Å²) >= 11 is 0. The summed E-state index contributed by atoms with van der Waals surface area (Å²) in [6.07, 6.45) is 3.17. The highest BCUT2D eigenvalue weighted by Crippen LogP contribution is 2.71. The van der Waals surface area contributed by atoms with E-state index >= 15 is 0 Å². The standard InChI is InChI=1S/C27H46O9S/c1-16(15-28)6-5-7-17(2)19-13-23(36-37(33,34)35)27(32)25(19,4)11-9-22-24(3)10-8-18(29)12-20(24)21(30)14-26(22,27)31/h6,17-23,28-32H,5,7-15H2,1-4H3,(H,33,34,35)/b16-6+/t17-,18+,19-,20-,21+,22-,23+,24+,25-,26+,27+/m1/s1. The van der Waals surface area contributed by atoms with Gasteiger partial charge in [0.2, 0.25) is 0 Å². The molecular formula is C27H46O9S. The fraction of sp³-hybridized carbons (Fsp3) is 0.926. The number of aliphatic hydroxyl groups excluding tert-OH is 3. The zero-order valence-electron chi connectivity index (χ0n) is 22.5. The minimum Gasteiger partial charge on any atom is -0.393 e. The van der Waals surface area contributed by atoms with Gasteiger partial charge in [-0.2, -0.15) is 8.42 Å². The molecule has 0 radical (unpaired) electrons. The molecule has 4 saturated carbocycles. The van der Waals surface area contributed by atoms with E-state index in [0.717, 1.165) is 12.0 Å². The molecule has 6 N–H and O–H groups in total. The summed E-state index contributed by atoms with van der Waals surface area (Å²) in [5.74, 6) is -0.868. The molecule has 11 atom stereocenters. The lowest BCUT2D eigenvalue weighted by molar-refractivity contribution is -0.328. The molecule has 0 aromatic rings. The summed E-state index contributed by atoms with van der Waals surface area (Å²) in [4.78, 5) is 0. The largest absolute Gasteiger partial charge is 0.397 e. The zero-order valence-corrected chi connectivity index (χ0v) is 23.3. The van der Waals surface area contributed by atoms with Crippen LogP contribution in [0.2, 0.25) is 0 Å². The predicted octanol–water partition coefficient (Wildman–Crippen LogP) is 2.36. The van der Waals surface area contributed by atoms with E-state index < -0.39 is 56.7 Å². The number of hydrogen-bond acceptors (Lipinski definition) is 8. The van der Waals surface area contributed by atoms with Crippen molar-refractivity contribution < 1.29 is 42.7 Å². The van der Waals surface area contributed by atoms with Gasteiger partial charge in [-0.3, -0.25) is 4.55 Å². The van der Waals surface area contributed by atoms with E-state index in [1.165, 1.54) is 0 Å². The van der Waals surface area contributed by atoms with Crippen LogP contribution in [-0.4, -0.2) is 74.6 Å². The summed E-state index contributed by atoms with van der Waals surface area (Å²) in [5, 5.41) is 56.0.